The minimum atomic E-state index is -1.24. The predicted molar refractivity (Wildman–Crippen MR) is 116 cm³/mol. The van der Waals surface area contributed by atoms with Gasteiger partial charge in [0.05, 0.1) is 11.0 Å². The lowest BCUT2D eigenvalue weighted by Crippen LogP contribution is -2.50. The van der Waals surface area contributed by atoms with E-state index in [2.05, 4.69) is 9.88 Å². The first-order chi connectivity index (χ1) is 14.6. The van der Waals surface area contributed by atoms with Crippen molar-refractivity contribution in [3.05, 3.63) is 40.3 Å². The van der Waals surface area contributed by atoms with Gasteiger partial charge in [0, 0.05) is 24.2 Å². The zero-order chi connectivity index (χ0) is 20.7. The lowest BCUT2D eigenvalue weighted by atomic mass is 9.89. The van der Waals surface area contributed by atoms with E-state index in [1.54, 1.807) is 10.6 Å². The average molecular weight is 410 g/mol. The second-order valence-corrected chi connectivity index (χ2v) is 9.39. The number of aromatic nitrogens is 2. The number of benzene rings is 1. The Morgan fingerprint density at radius 3 is 2.17 bits per heavy atom. The summed E-state index contributed by atoms with van der Waals surface area (Å²) in [6.07, 6.45) is 13.6. The van der Waals surface area contributed by atoms with Crippen molar-refractivity contribution in [1.82, 2.24) is 14.5 Å². The van der Waals surface area contributed by atoms with Gasteiger partial charge >= 0.3 is 5.97 Å². The van der Waals surface area contributed by atoms with Crippen LogP contribution in [-0.2, 0) is 0 Å². The van der Waals surface area contributed by atoms with Gasteiger partial charge in [-0.1, -0.05) is 44.2 Å². The molecule has 2 aliphatic heterocycles. The standard InChI is InChI=1S/C24H31N3O3/c28-23-22(24(29)30)25-20-10-6-7-11-21(20)27(23)19-14-17-12-13-18(15-19)26(17)16-8-4-2-1-3-5-9-16/h6-7,10-11,16-19H,1-5,8-9,12-15H2,(H,29,30). The zero-order valence-corrected chi connectivity index (χ0v) is 17.5. The Bertz CT molecular complexity index is 979. The second kappa shape index (κ2) is 8.14. The van der Waals surface area contributed by atoms with Crippen LogP contribution in [0.25, 0.3) is 11.0 Å². The first-order valence-electron chi connectivity index (χ1n) is 11.7. The molecule has 160 valence electrons. The average Bonchev–Trinajstić information content (AvgIpc) is 2.96. The molecule has 0 amide bonds. The molecule has 2 saturated heterocycles. The van der Waals surface area contributed by atoms with E-state index in [1.807, 2.05) is 18.2 Å². The third kappa shape index (κ3) is 3.45. The molecule has 1 aromatic heterocycles. The van der Waals surface area contributed by atoms with Crippen molar-refractivity contribution in [3.63, 3.8) is 0 Å². The maximum atomic E-state index is 13.1. The highest BCUT2D eigenvalue weighted by atomic mass is 16.4. The van der Waals surface area contributed by atoms with Gasteiger partial charge in [-0.25, -0.2) is 9.78 Å². The highest BCUT2D eigenvalue weighted by Gasteiger charge is 2.44. The first kappa shape index (κ1) is 19.7. The van der Waals surface area contributed by atoms with Gasteiger partial charge in [-0.15, -0.1) is 0 Å². The van der Waals surface area contributed by atoms with E-state index in [9.17, 15) is 14.7 Å². The molecule has 2 bridgehead atoms. The molecule has 0 spiro atoms. The lowest BCUT2D eigenvalue weighted by Gasteiger charge is -2.45. The summed E-state index contributed by atoms with van der Waals surface area (Å²) >= 11 is 0. The monoisotopic (exact) mass is 409 g/mol. The van der Waals surface area contributed by atoms with Gasteiger partial charge in [0.25, 0.3) is 5.56 Å². The minimum absolute atomic E-state index is 0.0470. The van der Waals surface area contributed by atoms with E-state index < -0.39 is 11.5 Å². The van der Waals surface area contributed by atoms with Crippen LogP contribution in [0.5, 0.6) is 0 Å². The summed E-state index contributed by atoms with van der Waals surface area (Å²) in [7, 11) is 0. The number of rotatable bonds is 3. The van der Waals surface area contributed by atoms with Crippen molar-refractivity contribution in [3.8, 4) is 0 Å². The van der Waals surface area contributed by atoms with E-state index >= 15 is 0 Å². The van der Waals surface area contributed by atoms with Gasteiger partial charge in [0.2, 0.25) is 5.69 Å². The van der Waals surface area contributed by atoms with Crippen LogP contribution in [-0.4, -0.2) is 43.7 Å². The van der Waals surface area contributed by atoms with Gasteiger partial charge in [-0.2, -0.15) is 0 Å². The minimum Gasteiger partial charge on any atom is -0.476 e. The normalized spacial score (nSPS) is 28.3. The second-order valence-electron chi connectivity index (χ2n) is 9.39. The summed E-state index contributed by atoms with van der Waals surface area (Å²) in [5.41, 5.74) is 0.536. The highest BCUT2D eigenvalue weighted by molar-refractivity contribution is 5.88. The van der Waals surface area contributed by atoms with Crippen molar-refractivity contribution in [2.24, 2.45) is 0 Å². The van der Waals surface area contributed by atoms with E-state index in [0.29, 0.717) is 23.6 Å². The Balaban J connectivity index is 1.48. The number of fused-ring (bicyclic) bond motifs is 3. The zero-order valence-electron chi connectivity index (χ0n) is 17.5. The molecule has 6 heteroatoms. The summed E-state index contributed by atoms with van der Waals surface area (Å²) in [5, 5.41) is 9.54. The van der Waals surface area contributed by atoms with E-state index in [4.69, 9.17) is 0 Å². The van der Waals surface area contributed by atoms with Crippen LogP contribution in [0, 0.1) is 0 Å². The molecule has 6 nitrogen and oxygen atoms in total. The third-order valence-electron chi connectivity index (χ3n) is 7.62. The predicted octanol–water partition coefficient (Wildman–Crippen LogP) is 4.38. The molecule has 3 aliphatic rings. The number of carbonyl (C=O) groups is 1. The van der Waals surface area contributed by atoms with Crippen LogP contribution in [0.2, 0.25) is 0 Å². The number of nitrogens with zero attached hydrogens (tertiary/aromatic N) is 3. The number of piperidine rings is 1. The maximum absolute atomic E-state index is 13.1. The molecule has 0 radical (unpaired) electrons. The molecular formula is C24H31N3O3. The van der Waals surface area contributed by atoms with Crippen LogP contribution in [0.15, 0.2) is 29.1 Å². The third-order valence-corrected chi connectivity index (χ3v) is 7.62. The Morgan fingerprint density at radius 2 is 1.50 bits per heavy atom. The summed E-state index contributed by atoms with van der Waals surface area (Å²) in [6, 6.07) is 9.19. The van der Waals surface area contributed by atoms with Crippen molar-refractivity contribution in [2.45, 2.75) is 94.8 Å². The molecule has 1 aliphatic carbocycles. The van der Waals surface area contributed by atoms with Crippen molar-refractivity contribution >= 4 is 17.0 Å². The molecule has 1 saturated carbocycles. The van der Waals surface area contributed by atoms with E-state index in [1.165, 1.54) is 57.8 Å². The molecule has 2 aromatic rings. The van der Waals surface area contributed by atoms with Gasteiger partial charge in [0.1, 0.15) is 0 Å². The molecule has 1 N–H and O–H groups in total. The quantitative estimate of drug-likeness (QED) is 0.814. The topological polar surface area (TPSA) is 75.4 Å². The molecule has 3 fully saturated rings. The molecule has 5 rings (SSSR count). The Hall–Kier alpha value is -2.21. The molecular weight excluding hydrogens is 378 g/mol. The van der Waals surface area contributed by atoms with Crippen LogP contribution >= 0.6 is 0 Å². The summed E-state index contributed by atoms with van der Waals surface area (Å²) in [4.78, 5) is 31.8. The number of hydrogen-bond donors (Lipinski definition) is 1. The molecule has 2 unspecified atom stereocenters. The molecule has 1 aromatic carbocycles. The summed E-state index contributed by atoms with van der Waals surface area (Å²) in [5.74, 6) is -1.24. The molecule has 30 heavy (non-hydrogen) atoms. The fourth-order valence-electron chi connectivity index (χ4n) is 6.38. The Kier molecular flexibility index (Phi) is 5.35. The lowest BCUT2D eigenvalue weighted by molar-refractivity contribution is 0.0495. The van der Waals surface area contributed by atoms with Gasteiger partial charge < -0.3 is 9.67 Å². The van der Waals surface area contributed by atoms with Crippen LogP contribution < -0.4 is 5.56 Å². The highest BCUT2D eigenvalue weighted by Crippen LogP contribution is 2.44. The van der Waals surface area contributed by atoms with E-state index in [-0.39, 0.29) is 11.7 Å². The first-order valence-corrected chi connectivity index (χ1v) is 11.7. The van der Waals surface area contributed by atoms with Crippen molar-refractivity contribution in [2.75, 3.05) is 0 Å². The smallest absolute Gasteiger partial charge is 0.360 e. The number of carboxylic acids is 1. The largest absolute Gasteiger partial charge is 0.476 e. The number of aromatic carboxylic acids is 1. The Labute approximate surface area is 176 Å². The Morgan fingerprint density at radius 1 is 0.867 bits per heavy atom. The summed E-state index contributed by atoms with van der Waals surface area (Å²) < 4.78 is 1.76. The van der Waals surface area contributed by atoms with Crippen molar-refractivity contribution in [1.29, 1.82) is 0 Å². The molecule has 2 atom stereocenters. The maximum Gasteiger partial charge on any atom is 0.360 e. The van der Waals surface area contributed by atoms with Gasteiger partial charge in [-0.05, 0) is 50.7 Å². The fraction of sp³-hybridized carbons (Fsp3) is 0.625. The fourth-order valence-corrected chi connectivity index (χ4v) is 6.38. The van der Waals surface area contributed by atoms with Gasteiger partial charge in [0.15, 0.2) is 0 Å². The van der Waals surface area contributed by atoms with Crippen LogP contribution in [0.3, 0.4) is 0 Å². The summed E-state index contributed by atoms with van der Waals surface area (Å²) in [6.45, 7) is 0. The number of hydrogen-bond acceptors (Lipinski definition) is 4. The SMILES string of the molecule is O=C(O)c1nc2ccccc2n(C2CC3CCC(C2)N3C2CCCCCCC2)c1=O. The number of carboxylic acid groups (broad SMARTS) is 1. The van der Waals surface area contributed by atoms with Crippen LogP contribution in [0.1, 0.15) is 87.2 Å². The molecule has 3 heterocycles. The van der Waals surface area contributed by atoms with Gasteiger partial charge in [-0.3, -0.25) is 9.69 Å². The number of para-hydroxylation sites is 2. The van der Waals surface area contributed by atoms with E-state index in [0.717, 1.165) is 18.4 Å². The van der Waals surface area contributed by atoms with Crippen LogP contribution in [0.4, 0.5) is 0 Å². The van der Waals surface area contributed by atoms with Crippen molar-refractivity contribution < 1.29 is 9.90 Å².